The van der Waals surface area contributed by atoms with Gasteiger partial charge in [-0.3, -0.25) is 0 Å². The van der Waals surface area contributed by atoms with Crippen molar-refractivity contribution in [1.82, 2.24) is 5.32 Å². The van der Waals surface area contributed by atoms with Gasteiger partial charge in [0.15, 0.2) is 9.84 Å². The first-order valence-electron chi connectivity index (χ1n) is 6.48. The average Bonchev–Trinajstić information content (AvgIpc) is 2.75. The minimum absolute atomic E-state index is 0.257. The van der Waals surface area contributed by atoms with E-state index < -0.39 is 9.84 Å². The fraction of sp³-hybridized carbons (Fsp3) is 1.00. The maximum absolute atomic E-state index is 11.7. The molecule has 0 aliphatic carbocycles. The molecule has 0 spiro atoms. The number of nitrogens with one attached hydrogen (secondary N) is 1. The fourth-order valence-electron chi connectivity index (χ4n) is 1.80. The lowest BCUT2D eigenvalue weighted by atomic mass is 10.1. The molecule has 1 rings (SSSR count). The molecule has 1 fully saturated rings. The van der Waals surface area contributed by atoms with E-state index in [9.17, 15) is 8.42 Å². The maximum atomic E-state index is 11.7. The molecule has 102 valence electrons. The van der Waals surface area contributed by atoms with Crippen molar-refractivity contribution in [3.63, 3.8) is 0 Å². The number of hydrogen-bond donors (Lipinski definition) is 1. The summed E-state index contributed by atoms with van der Waals surface area (Å²) in [6.45, 7) is 7.20. The third kappa shape index (κ3) is 7.01. The van der Waals surface area contributed by atoms with Crippen LogP contribution in [-0.2, 0) is 14.6 Å². The van der Waals surface area contributed by atoms with E-state index in [0.717, 1.165) is 32.6 Å². The van der Waals surface area contributed by atoms with Gasteiger partial charge in [-0.05, 0) is 24.7 Å². The Labute approximate surface area is 105 Å². The van der Waals surface area contributed by atoms with E-state index in [4.69, 9.17) is 4.74 Å². The highest BCUT2D eigenvalue weighted by atomic mass is 32.2. The van der Waals surface area contributed by atoms with Crippen LogP contribution < -0.4 is 5.32 Å². The first-order valence-corrected chi connectivity index (χ1v) is 8.30. The minimum atomic E-state index is -2.87. The second-order valence-electron chi connectivity index (χ2n) is 5.27. The summed E-state index contributed by atoms with van der Waals surface area (Å²) < 4.78 is 28.6. The molecule has 0 aromatic rings. The molecule has 1 atom stereocenters. The van der Waals surface area contributed by atoms with Crippen molar-refractivity contribution in [1.29, 1.82) is 0 Å². The summed E-state index contributed by atoms with van der Waals surface area (Å²) in [4.78, 5) is 0. The molecule has 1 aliphatic heterocycles. The summed E-state index contributed by atoms with van der Waals surface area (Å²) in [6, 6.07) is 0. The van der Waals surface area contributed by atoms with Crippen LogP contribution in [0.4, 0.5) is 0 Å². The average molecular weight is 263 g/mol. The quantitative estimate of drug-likeness (QED) is 0.666. The van der Waals surface area contributed by atoms with Gasteiger partial charge in [-0.2, -0.15) is 0 Å². The van der Waals surface area contributed by atoms with Crippen molar-refractivity contribution < 1.29 is 13.2 Å². The van der Waals surface area contributed by atoms with Gasteiger partial charge in [0.2, 0.25) is 0 Å². The van der Waals surface area contributed by atoms with Crippen molar-refractivity contribution in [3.8, 4) is 0 Å². The fourth-order valence-corrected chi connectivity index (χ4v) is 3.29. The molecule has 0 bridgehead atoms. The maximum Gasteiger partial charge on any atom is 0.151 e. The molecule has 0 aromatic carbocycles. The largest absolute Gasteiger partial charge is 0.381 e. The number of sulfone groups is 1. The Bertz CT molecular complexity index is 295. The molecule has 0 saturated carbocycles. The van der Waals surface area contributed by atoms with Gasteiger partial charge in [0.1, 0.15) is 0 Å². The molecule has 1 heterocycles. The normalized spacial score (nSPS) is 21.2. The number of rotatable bonds is 8. The van der Waals surface area contributed by atoms with Crippen LogP contribution in [0.1, 0.15) is 26.7 Å². The second-order valence-corrected chi connectivity index (χ2v) is 7.57. The van der Waals surface area contributed by atoms with Crippen LogP contribution in [0.5, 0.6) is 0 Å². The molecular formula is C12H25NO3S. The van der Waals surface area contributed by atoms with Crippen LogP contribution in [0.15, 0.2) is 0 Å². The van der Waals surface area contributed by atoms with Crippen molar-refractivity contribution in [2.24, 2.45) is 11.8 Å². The smallest absolute Gasteiger partial charge is 0.151 e. The van der Waals surface area contributed by atoms with Crippen LogP contribution in [0, 0.1) is 11.8 Å². The third-order valence-electron chi connectivity index (χ3n) is 3.05. The van der Waals surface area contributed by atoms with E-state index in [0.29, 0.717) is 24.1 Å². The minimum Gasteiger partial charge on any atom is -0.381 e. The van der Waals surface area contributed by atoms with Gasteiger partial charge in [-0.25, -0.2) is 8.42 Å². The van der Waals surface area contributed by atoms with E-state index in [-0.39, 0.29) is 5.75 Å². The van der Waals surface area contributed by atoms with E-state index >= 15 is 0 Å². The third-order valence-corrected chi connectivity index (χ3v) is 4.74. The van der Waals surface area contributed by atoms with Crippen LogP contribution in [-0.4, -0.2) is 46.2 Å². The Morgan fingerprint density at radius 2 is 2.12 bits per heavy atom. The Morgan fingerprint density at radius 1 is 1.35 bits per heavy atom. The van der Waals surface area contributed by atoms with Crippen LogP contribution in [0.25, 0.3) is 0 Å². The molecule has 1 saturated heterocycles. The summed E-state index contributed by atoms with van der Waals surface area (Å²) in [5.74, 6) is 1.59. The predicted octanol–water partition coefficient (Wildman–Crippen LogP) is 1.07. The summed E-state index contributed by atoms with van der Waals surface area (Å²) in [7, 11) is -2.87. The number of hydrogen-bond acceptors (Lipinski definition) is 4. The lowest BCUT2D eigenvalue weighted by Gasteiger charge is -2.10. The van der Waals surface area contributed by atoms with E-state index in [1.165, 1.54) is 0 Å². The van der Waals surface area contributed by atoms with Gasteiger partial charge in [0, 0.05) is 19.7 Å². The zero-order valence-corrected chi connectivity index (χ0v) is 11.8. The van der Waals surface area contributed by atoms with Crippen molar-refractivity contribution in [3.05, 3.63) is 0 Å². The highest BCUT2D eigenvalue weighted by Gasteiger charge is 2.16. The summed E-state index contributed by atoms with van der Waals surface area (Å²) >= 11 is 0. The van der Waals surface area contributed by atoms with Crippen LogP contribution in [0.2, 0.25) is 0 Å². The first-order chi connectivity index (χ1) is 7.99. The summed E-state index contributed by atoms with van der Waals surface area (Å²) in [5, 5.41) is 3.21. The highest BCUT2D eigenvalue weighted by molar-refractivity contribution is 7.91. The first kappa shape index (κ1) is 14.9. The monoisotopic (exact) mass is 263 g/mol. The Balaban J connectivity index is 2.07. The molecule has 1 N–H and O–H groups in total. The second kappa shape index (κ2) is 7.34. The van der Waals surface area contributed by atoms with Gasteiger partial charge >= 0.3 is 0 Å². The lowest BCUT2D eigenvalue weighted by molar-refractivity contribution is 0.185. The van der Waals surface area contributed by atoms with Gasteiger partial charge in [-0.15, -0.1) is 0 Å². The van der Waals surface area contributed by atoms with Gasteiger partial charge in [0.05, 0.1) is 18.1 Å². The Kier molecular flexibility index (Phi) is 6.44. The molecule has 0 radical (unpaired) electrons. The number of ether oxygens (including phenoxy) is 1. The van der Waals surface area contributed by atoms with E-state index in [1.807, 2.05) is 13.8 Å². The van der Waals surface area contributed by atoms with Gasteiger partial charge < -0.3 is 10.1 Å². The zero-order chi connectivity index (χ0) is 12.7. The molecule has 0 amide bonds. The molecular weight excluding hydrogens is 238 g/mol. The zero-order valence-electron chi connectivity index (χ0n) is 10.9. The standard InChI is InChI=1S/C12H25NO3S/c1-11(2)4-7-17(14,15)8-5-13-9-12-3-6-16-10-12/h11-13H,3-10H2,1-2H3. The lowest BCUT2D eigenvalue weighted by Crippen LogP contribution is -2.29. The highest BCUT2D eigenvalue weighted by Crippen LogP contribution is 2.10. The van der Waals surface area contributed by atoms with E-state index in [2.05, 4.69) is 5.32 Å². The molecule has 0 aromatic heterocycles. The molecule has 5 heteroatoms. The van der Waals surface area contributed by atoms with E-state index in [1.54, 1.807) is 0 Å². The Hall–Kier alpha value is -0.130. The SMILES string of the molecule is CC(C)CCS(=O)(=O)CCNCC1CCOC1. The molecule has 1 aliphatic rings. The van der Waals surface area contributed by atoms with Crippen molar-refractivity contribution in [2.45, 2.75) is 26.7 Å². The van der Waals surface area contributed by atoms with Crippen LogP contribution in [0.3, 0.4) is 0 Å². The molecule has 4 nitrogen and oxygen atoms in total. The molecule has 17 heavy (non-hydrogen) atoms. The van der Waals surface area contributed by atoms with Gasteiger partial charge in [0.25, 0.3) is 0 Å². The molecule has 1 unspecified atom stereocenters. The summed E-state index contributed by atoms with van der Waals surface area (Å²) in [6.07, 6.45) is 1.85. The van der Waals surface area contributed by atoms with Crippen molar-refractivity contribution in [2.75, 3.05) is 37.8 Å². The van der Waals surface area contributed by atoms with Gasteiger partial charge in [-0.1, -0.05) is 13.8 Å². The topological polar surface area (TPSA) is 55.4 Å². The summed E-state index contributed by atoms with van der Waals surface area (Å²) in [5.41, 5.74) is 0. The van der Waals surface area contributed by atoms with Crippen molar-refractivity contribution >= 4 is 9.84 Å². The Morgan fingerprint density at radius 3 is 2.71 bits per heavy atom. The predicted molar refractivity (Wildman–Crippen MR) is 69.9 cm³/mol. The van der Waals surface area contributed by atoms with Crippen LogP contribution >= 0.6 is 0 Å².